The van der Waals surface area contributed by atoms with E-state index in [1.165, 1.54) is 6.33 Å². The van der Waals surface area contributed by atoms with Crippen molar-refractivity contribution in [2.45, 2.75) is 19.4 Å². The fourth-order valence-electron chi connectivity index (χ4n) is 0.751. The van der Waals surface area contributed by atoms with Gasteiger partial charge in [0.15, 0.2) is 0 Å². The van der Waals surface area contributed by atoms with Gasteiger partial charge in [0.2, 0.25) is 5.91 Å². The van der Waals surface area contributed by atoms with E-state index in [0.717, 1.165) is 0 Å². The lowest BCUT2D eigenvalue weighted by molar-refractivity contribution is -0.121. The Morgan fingerprint density at radius 1 is 1.50 bits per heavy atom. The Bertz CT molecular complexity index is 310. The van der Waals surface area contributed by atoms with Crippen molar-refractivity contribution in [3.8, 4) is 0 Å². The number of anilines is 1. The summed E-state index contributed by atoms with van der Waals surface area (Å²) < 4.78 is 0. The number of likely N-dealkylation sites (N-methyl/N-ethyl adjacent to an activating group) is 1. The average Bonchev–Trinajstić information content (AvgIpc) is 2.19. The van der Waals surface area contributed by atoms with Crippen LogP contribution < -0.4 is 10.6 Å². The van der Waals surface area contributed by atoms with Crippen LogP contribution in [0.1, 0.15) is 13.8 Å². The number of nitrogens with one attached hydrogen (secondary N) is 2. The lowest BCUT2D eigenvalue weighted by Gasteiger charge is -2.22. The van der Waals surface area contributed by atoms with Crippen LogP contribution in [0.4, 0.5) is 5.82 Å². The van der Waals surface area contributed by atoms with Crippen LogP contribution in [0.2, 0.25) is 0 Å². The number of hydrogen-bond donors (Lipinski definition) is 2. The molecule has 1 amide bonds. The number of rotatable bonds is 3. The molecule has 2 N–H and O–H groups in total. The second kappa shape index (κ2) is 4.15. The van der Waals surface area contributed by atoms with Crippen LogP contribution >= 0.6 is 0 Å². The van der Waals surface area contributed by atoms with E-state index in [9.17, 15) is 4.79 Å². The maximum atomic E-state index is 11.6. The Morgan fingerprint density at radius 3 is 2.71 bits per heavy atom. The van der Waals surface area contributed by atoms with E-state index >= 15 is 0 Å². The van der Waals surface area contributed by atoms with Crippen molar-refractivity contribution in [3.05, 3.63) is 18.6 Å². The molecule has 0 saturated heterocycles. The quantitative estimate of drug-likeness (QED) is 0.731. The third kappa shape index (κ3) is 2.50. The predicted octanol–water partition coefficient (Wildman–Crippen LogP) is 0.413. The molecule has 0 atom stereocenters. The Hall–Kier alpha value is -1.49. The Balaban J connectivity index is 2.67. The number of nitrogens with zero attached hydrogens (tertiary/aromatic N) is 2. The number of aromatic nitrogens is 2. The molecule has 5 nitrogen and oxygen atoms in total. The normalized spacial score (nSPS) is 11.1. The molecule has 0 unspecified atom stereocenters. The Labute approximate surface area is 83.0 Å². The van der Waals surface area contributed by atoms with Gasteiger partial charge in [-0.05, 0) is 27.0 Å². The zero-order valence-corrected chi connectivity index (χ0v) is 8.53. The summed E-state index contributed by atoms with van der Waals surface area (Å²) in [7, 11) is 1.74. The molecule has 1 aromatic rings. The molecule has 0 saturated carbocycles. The second-order valence-corrected chi connectivity index (χ2v) is 3.42. The summed E-state index contributed by atoms with van der Waals surface area (Å²) in [5, 5.41) is 5.59. The summed E-state index contributed by atoms with van der Waals surface area (Å²) in [6.45, 7) is 3.59. The highest BCUT2D eigenvalue weighted by Gasteiger charge is 2.25. The highest BCUT2D eigenvalue weighted by atomic mass is 16.2. The molecule has 76 valence electrons. The zero-order chi connectivity index (χ0) is 10.6. The summed E-state index contributed by atoms with van der Waals surface area (Å²) >= 11 is 0. The summed E-state index contributed by atoms with van der Waals surface area (Å²) in [6, 6.07) is 1.64. The molecular formula is C9H14N4O. The first-order chi connectivity index (χ1) is 6.56. The Morgan fingerprint density at radius 2 is 2.21 bits per heavy atom. The van der Waals surface area contributed by atoms with Crippen molar-refractivity contribution < 1.29 is 4.79 Å². The van der Waals surface area contributed by atoms with Crippen LogP contribution in [0.5, 0.6) is 0 Å². The van der Waals surface area contributed by atoms with E-state index in [1.54, 1.807) is 33.2 Å². The average molecular weight is 194 g/mol. The highest BCUT2D eigenvalue weighted by molar-refractivity contribution is 5.96. The number of amides is 1. The first-order valence-electron chi connectivity index (χ1n) is 4.32. The van der Waals surface area contributed by atoms with Crippen LogP contribution in [0.3, 0.4) is 0 Å². The fourth-order valence-corrected chi connectivity index (χ4v) is 0.751. The highest BCUT2D eigenvalue weighted by Crippen LogP contribution is 2.06. The molecule has 14 heavy (non-hydrogen) atoms. The molecular weight excluding hydrogens is 180 g/mol. The van der Waals surface area contributed by atoms with Gasteiger partial charge in [0, 0.05) is 6.20 Å². The third-order valence-electron chi connectivity index (χ3n) is 2.02. The van der Waals surface area contributed by atoms with Crippen LogP contribution in [0, 0.1) is 0 Å². The molecule has 1 rings (SSSR count). The van der Waals surface area contributed by atoms with Crippen molar-refractivity contribution in [2.75, 3.05) is 12.4 Å². The topological polar surface area (TPSA) is 66.9 Å². The van der Waals surface area contributed by atoms with E-state index in [0.29, 0.717) is 5.82 Å². The minimum absolute atomic E-state index is 0.126. The number of hydrogen-bond acceptors (Lipinski definition) is 4. The molecule has 0 fully saturated rings. The van der Waals surface area contributed by atoms with Crippen LogP contribution in [0.25, 0.3) is 0 Å². The van der Waals surface area contributed by atoms with E-state index in [1.807, 2.05) is 0 Å². The van der Waals surface area contributed by atoms with Crippen molar-refractivity contribution in [2.24, 2.45) is 0 Å². The van der Waals surface area contributed by atoms with Gasteiger partial charge in [-0.2, -0.15) is 0 Å². The minimum atomic E-state index is -0.606. The first kappa shape index (κ1) is 10.6. The van der Waals surface area contributed by atoms with Crippen molar-refractivity contribution in [3.63, 3.8) is 0 Å². The third-order valence-corrected chi connectivity index (χ3v) is 2.02. The molecule has 1 heterocycles. The smallest absolute Gasteiger partial charge is 0.245 e. The van der Waals surface area contributed by atoms with Crippen molar-refractivity contribution >= 4 is 11.7 Å². The molecule has 0 aromatic carbocycles. The van der Waals surface area contributed by atoms with E-state index in [2.05, 4.69) is 20.6 Å². The first-order valence-corrected chi connectivity index (χ1v) is 4.32. The van der Waals surface area contributed by atoms with Gasteiger partial charge in [-0.1, -0.05) is 0 Å². The van der Waals surface area contributed by atoms with Gasteiger partial charge < -0.3 is 10.6 Å². The molecule has 0 aliphatic heterocycles. The maximum Gasteiger partial charge on any atom is 0.245 e. The molecule has 0 bridgehead atoms. The summed E-state index contributed by atoms with van der Waals surface area (Å²) in [5.41, 5.74) is -0.606. The maximum absolute atomic E-state index is 11.6. The van der Waals surface area contributed by atoms with Gasteiger partial charge in [0.05, 0.1) is 5.54 Å². The fraction of sp³-hybridized carbons (Fsp3) is 0.444. The van der Waals surface area contributed by atoms with Gasteiger partial charge in [0.1, 0.15) is 12.1 Å². The molecule has 0 aliphatic carbocycles. The van der Waals surface area contributed by atoms with Gasteiger partial charge in [0.25, 0.3) is 0 Å². The molecule has 0 spiro atoms. The van der Waals surface area contributed by atoms with Gasteiger partial charge >= 0.3 is 0 Å². The van der Waals surface area contributed by atoms with Crippen molar-refractivity contribution in [1.29, 1.82) is 0 Å². The van der Waals surface area contributed by atoms with Gasteiger partial charge in [-0.25, -0.2) is 9.97 Å². The number of carbonyl (C=O) groups is 1. The SMILES string of the molecule is CNC(C)(C)C(=O)Nc1ccncn1. The summed E-state index contributed by atoms with van der Waals surface area (Å²) in [5.74, 6) is 0.382. The van der Waals surface area contributed by atoms with E-state index < -0.39 is 5.54 Å². The predicted molar refractivity (Wildman–Crippen MR) is 53.8 cm³/mol. The monoisotopic (exact) mass is 194 g/mol. The van der Waals surface area contributed by atoms with Crippen LogP contribution in [0.15, 0.2) is 18.6 Å². The van der Waals surface area contributed by atoms with Gasteiger partial charge in [-0.3, -0.25) is 4.79 Å². The second-order valence-electron chi connectivity index (χ2n) is 3.42. The molecule has 1 aromatic heterocycles. The van der Waals surface area contributed by atoms with Gasteiger partial charge in [-0.15, -0.1) is 0 Å². The lowest BCUT2D eigenvalue weighted by Crippen LogP contribution is -2.48. The molecule has 0 radical (unpaired) electrons. The largest absolute Gasteiger partial charge is 0.309 e. The standard InChI is InChI=1S/C9H14N4O/c1-9(2,10-3)8(14)13-7-4-5-11-6-12-7/h4-6,10H,1-3H3,(H,11,12,13,14). The Kier molecular flexibility index (Phi) is 3.14. The van der Waals surface area contributed by atoms with E-state index in [4.69, 9.17) is 0 Å². The summed E-state index contributed by atoms with van der Waals surface area (Å²) in [6.07, 6.45) is 2.97. The van der Waals surface area contributed by atoms with Crippen molar-refractivity contribution in [1.82, 2.24) is 15.3 Å². The zero-order valence-electron chi connectivity index (χ0n) is 8.53. The molecule has 5 heteroatoms. The number of carbonyl (C=O) groups excluding carboxylic acids is 1. The summed E-state index contributed by atoms with van der Waals surface area (Å²) in [4.78, 5) is 19.3. The lowest BCUT2D eigenvalue weighted by atomic mass is 10.1. The minimum Gasteiger partial charge on any atom is -0.309 e. The van der Waals surface area contributed by atoms with E-state index in [-0.39, 0.29) is 5.91 Å². The van der Waals surface area contributed by atoms with Crippen LogP contribution in [-0.4, -0.2) is 28.5 Å². The van der Waals surface area contributed by atoms with Crippen LogP contribution in [-0.2, 0) is 4.79 Å². The molecule has 0 aliphatic rings.